The highest BCUT2D eigenvalue weighted by atomic mass is 32.1. The van der Waals surface area contributed by atoms with Gasteiger partial charge in [0.1, 0.15) is 18.1 Å². The summed E-state index contributed by atoms with van der Waals surface area (Å²) in [5, 5.41) is 8.20. The van der Waals surface area contributed by atoms with E-state index in [1.807, 2.05) is 39.1 Å². The summed E-state index contributed by atoms with van der Waals surface area (Å²) in [7, 11) is 3.34. The summed E-state index contributed by atoms with van der Waals surface area (Å²) < 4.78 is 14.2. The summed E-state index contributed by atoms with van der Waals surface area (Å²) in [5.74, 6) is -1.48. The van der Waals surface area contributed by atoms with Crippen LogP contribution in [0.25, 0.3) is 33.4 Å². The van der Waals surface area contributed by atoms with E-state index in [1.165, 1.54) is 21.2 Å². The summed E-state index contributed by atoms with van der Waals surface area (Å²) in [6.07, 6.45) is 4.24. The van der Waals surface area contributed by atoms with E-state index in [0.717, 1.165) is 51.1 Å². The number of nitrogens with zero attached hydrogens (tertiary/aromatic N) is 6. The molecule has 0 spiro atoms. The molecule has 2 N–H and O–H groups in total. The van der Waals surface area contributed by atoms with E-state index in [0.29, 0.717) is 43.9 Å². The number of esters is 1. The lowest BCUT2D eigenvalue weighted by Gasteiger charge is -2.43. The lowest BCUT2D eigenvalue weighted by molar-refractivity contribution is -0.155. The van der Waals surface area contributed by atoms with Gasteiger partial charge in [-0.25, -0.2) is 15.2 Å². The number of thiazole rings is 1. The van der Waals surface area contributed by atoms with Crippen LogP contribution < -0.4 is 10.7 Å². The van der Waals surface area contributed by atoms with Crippen LogP contribution in [0.5, 0.6) is 0 Å². The fourth-order valence-electron chi connectivity index (χ4n) is 8.87. The molecule has 3 aliphatic rings. The minimum atomic E-state index is -1.03. The Morgan fingerprint density at radius 1 is 1.15 bits per heavy atom. The molecule has 7 rings (SSSR count). The van der Waals surface area contributed by atoms with Crippen LogP contribution in [0.1, 0.15) is 90.1 Å². The number of benzene rings is 1. The lowest BCUT2D eigenvalue weighted by atomic mass is 9.84. The molecule has 0 radical (unpaired) electrons. The predicted molar refractivity (Wildman–Crippen MR) is 232 cm³/mol. The van der Waals surface area contributed by atoms with Gasteiger partial charge < -0.3 is 29.2 Å². The van der Waals surface area contributed by atoms with Gasteiger partial charge in [-0.1, -0.05) is 33.8 Å². The second-order valence-corrected chi connectivity index (χ2v) is 18.6. The van der Waals surface area contributed by atoms with Crippen LogP contribution in [0.3, 0.4) is 0 Å². The number of carbonyl (C=O) groups is 4. The van der Waals surface area contributed by atoms with E-state index in [9.17, 15) is 19.2 Å². The first-order valence-corrected chi connectivity index (χ1v) is 22.2. The molecule has 60 heavy (non-hydrogen) atoms. The number of urea groups is 1. The molecule has 5 atom stereocenters. The van der Waals surface area contributed by atoms with Crippen LogP contribution in [-0.4, -0.2) is 111 Å². The van der Waals surface area contributed by atoms with Gasteiger partial charge in [0.05, 0.1) is 34.8 Å². The Morgan fingerprint density at radius 2 is 1.93 bits per heavy atom. The molecule has 6 bridgehead atoms. The average Bonchev–Trinajstić information content (AvgIpc) is 3.82. The minimum Gasteiger partial charge on any atom is -0.464 e. The van der Waals surface area contributed by atoms with Crippen molar-refractivity contribution in [3.05, 3.63) is 58.2 Å². The molecule has 15 heteroatoms. The fraction of sp³-hybridized carbons (Fsp3) is 0.556. The number of hydrogen-bond donors (Lipinski definition) is 2. The van der Waals surface area contributed by atoms with Crippen molar-refractivity contribution < 1.29 is 28.7 Å². The van der Waals surface area contributed by atoms with Gasteiger partial charge in [-0.05, 0) is 82.2 Å². The third-order valence-corrected chi connectivity index (χ3v) is 13.2. The van der Waals surface area contributed by atoms with Gasteiger partial charge in [0.15, 0.2) is 0 Å². The number of ether oxygens (including phenoxy) is 2. The van der Waals surface area contributed by atoms with Crippen LogP contribution in [0.4, 0.5) is 4.79 Å². The molecule has 3 aliphatic heterocycles. The maximum Gasteiger partial charge on any atom is 0.324 e. The van der Waals surface area contributed by atoms with Gasteiger partial charge in [0.25, 0.3) is 5.91 Å². The number of likely N-dealkylation sites (tertiary alicyclic amines) is 1. The van der Waals surface area contributed by atoms with Crippen molar-refractivity contribution in [2.75, 3.05) is 33.9 Å². The van der Waals surface area contributed by atoms with Gasteiger partial charge in [0.2, 0.25) is 5.91 Å². The number of rotatable bonds is 8. The lowest BCUT2D eigenvalue weighted by Crippen LogP contribution is -2.63. The second-order valence-electron chi connectivity index (χ2n) is 17.7. The Morgan fingerprint density at radius 3 is 2.62 bits per heavy atom. The number of nitrogens with one attached hydrogen (secondary N) is 2. The molecule has 14 nitrogen and oxygen atoms in total. The molecule has 4 amide bonds. The number of hydrogen-bond acceptors (Lipinski definition) is 10. The van der Waals surface area contributed by atoms with Crippen LogP contribution in [0.2, 0.25) is 0 Å². The number of likely N-dealkylation sites (N-methyl/N-ethyl adjacent to an activating group) is 1. The fourth-order valence-corrected chi connectivity index (χ4v) is 9.72. The average molecular weight is 841 g/mol. The van der Waals surface area contributed by atoms with Gasteiger partial charge in [0, 0.05) is 85.3 Å². The van der Waals surface area contributed by atoms with Crippen molar-refractivity contribution >= 4 is 46.1 Å². The molecule has 0 saturated carbocycles. The number of pyridine rings is 1. The molecular formula is C45H60N8O6S. The number of aromatic nitrogens is 3. The standard InChI is InChI=1S/C45H60N8O6S/c1-10-51-36-16-15-29-21-31(36)32(40(51)30-13-11-18-46-38(30)28(5)58-9)23-45(6,7)25-59-43(56)33-14-12-19-53(49-33)42(55)34(22-37-47-35(29)24-60-37)48-41(54)39(26(2)3)50(8)44(57)52-20-17-27(52)4/h11,13,15-16,18,21,24,26-28,33-34,39,49H,10,12,14,17,19-20,22-23,25H2,1-9H3,(H,48,54)/t27-,28-,33-,34-,39?/m0/s1. The summed E-state index contributed by atoms with van der Waals surface area (Å²) in [6.45, 7) is 16.0. The van der Waals surface area contributed by atoms with E-state index in [2.05, 4.69) is 60.3 Å². The number of amides is 4. The summed E-state index contributed by atoms with van der Waals surface area (Å²) >= 11 is 1.43. The number of aryl methyl sites for hydroxylation is 1. The first kappa shape index (κ1) is 43.2. The Bertz CT molecular complexity index is 2250. The van der Waals surface area contributed by atoms with Crippen molar-refractivity contribution in [3.8, 4) is 22.5 Å². The van der Waals surface area contributed by atoms with Gasteiger partial charge in [-0.2, -0.15) is 0 Å². The highest BCUT2D eigenvalue weighted by molar-refractivity contribution is 7.10. The Balaban J connectivity index is 1.30. The number of fused-ring (bicyclic) bond motifs is 6. The smallest absolute Gasteiger partial charge is 0.324 e. The zero-order valence-corrected chi connectivity index (χ0v) is 37.2. The zero-order valence-electron chi connectivity index (χ0n) is 36.4. The third-order valence-electron chi connectivity index (χ3n) is 12.3. The first-order valence-electron chi connectivity index (χ1n) is 21.3. The topological polar surface area (TPSA) is 151 Å². The maximum atomic E-state index is 14.5. The van der Waals surface area contributed by atoms with Crippen molar-refractivity contribution in [3.63, 3.8) is 0 Å². The van der Waals surface area contributed by atoms with E-state index in [1.54, 1.807) is 25.3 Å². The van der Waals surface area contributed by atoms with Gasteiger partial charge >= 0.3 is 12.0 Å². The van der Waals surface area contributed by atoms with E-state index >= 15 is 0 Å². The molecule has 0 aliphatic carbocycles. The summed E-state index contributed by atoms with van der Waals surface area (Å²) in [5.41, 5.74) is 9.41. The normalized spacial score (nSPS) is 21.9. The minimum absolute atomic E-state index is 0.105. The van der Waals surface area contributed by atoms with Gasteiger partial charge in [-0.3, -0.25) is 24.4 Å². The SMILES string of the molecule is CCn1c(-c2cccnc2[C@H](C)OC)c2c3cc(ccc31)-c1csc(n1)C[C@H](NC(=O)C(C(C)C)N(C)C(=O)N1CC[C@@H]1C)C(=O)N1CCC[C@H](N1)C(=O)OCC(C)(C)C2. The summed E-state index contributed by atoms with van der Waals surface area (Å²) in [4.78, 5) is 69.1. The molecular weight excluding hydrogens is 781 g/mol. The molecule has 3 aromatic heterocycles. The quantitative estimate of drug-likeness (QED) is 0.193. The Kier molecular flexibility index (Phi) is 12.7. The summed E-state index contributed by atoms with van der Waals surface area (Å²) in [6, 6.07) is 7.76. The number of cyclic esters (lactones) is 1. The molecule has 1 unspecified atom stereocenters. The molecule has 6 heterocycles. The van der Waals surface area contributed by atoms with E-state index in [-0.39, 0.29) is 43.0 Å². The molecule has 4 aromatic rings. The van der Waals surface area contributed by atoms with Crippen LogP contribution in [0.15, 0.2) is 41.9 Å². The Hall–Kier alpha value is -4.86. The number of carbonyl (C=O) groups excluding carboxylic acids is 4. The third kappa shape index (κ3) is 8.53. The van der Waals surface area contributed by atoms with E-state index in [4.69, 9.17) is 19.4 Å². The molecule has 2 fully saturated rings. The maximum absolute atomic E-state index is 14.5. The molecule has 322 valence electrons. The molecule has 2 saturated heterocycles. The van der Waals surface area contributed by atoms with Crippen LogP contribution in [0, 0.1) is 11.3 Å². The van der Waals surface area contributed by atoms with Crippen LogP contribution >= 0.6 is 11.3 Å². The second kappa shape index (κ2) is 17.6. The Labute approximate surface area is 357 Å². The zero-order chi connectivity index (χ0) is 43.0. The largest absolute Gasteiger partial charge is 0.464 e. The van der Waals surface area contributed by atoms with Crippen LogP contribution in [-0.2, 0) is 43.2 Å². The van der Waals surface area contributed by atoms with Crippen molar-refractivity contribution in [2.45, 2.75) is 117 Å². The van der Waals surface area contributed by atoms with Gasteiger partial charge in [-0.15, -0.1) is 11.3 Å². The van der Waals surface area contributed by atoms with E-state index < -0.39 is 35.4 Å². The highest BCUT2D eigenvalue weighted by Gasteiger charge is 2.40. The molecule has 1 aromatic carbocycles. The van der Waals surface area contributed by atoms with Crippen molar-refractivity contribution in [1.29, 1.82) is 0 Å². The number of hydrazine groups is 1. The monoisotopic (exact) mass is 840 g/mol. The van der Waals surface area contributed by atoms with Crippen molar-refractivity contribution in [2.24, 2.45) is 11.3 Å². The first-order chi connectivity index (χ1) is 28.6. The number of methoxy groups -OCH3 is 1. The highest BCUT2D eigenvalue weighted by Crippen LogP contribution is 2.42. The predicted octanol–water partition coefficient (Wildman–Crippen LogP) is 6.37. The van der Waals surface area contributed by atoms with Crippen molar-refractivity contribution in [1.82, 2.24) is 40.1 Å².